The first-order chi connectivity index (χ1) is 11.0. The van der Waals surface area contributed by atoms with E-state index in [4.69, 9.17) is 15.2 Å². The molecule has 0 saturated carbocycles. The molecule has 0 aliphatic rings. The van der Waals surface area contributed by atoms with Gasteiger partial charge in [0, 0.05) is 5.41 Å². The predicted octanol–water partition coefficient (Wildman–Crippen LogP) is 2.87. The van der Waals surface area contributed by atoms with Gasteiger partial charge in [-0.25, -0.2) is 0 Å². The largest absolute Gasteiger partial charge is 0.497 e. The van der Waals surface area contributed by atoms with E-state index in [1.807, 2.05) is 48.5 Å². The van der Waals surface area contributed by atoms with Crippen LogP contribution in [0.25, 0.3) is 0 Å². The number of methoxy groups -OCH3 is 2. The fraction of sp³-hybridized carbons (Fsp3) is 0.368. The minimum Gasteiger partial charge on any atom is -0.497 e. The van der Waals surface area contributed by atoms with E-state index in [0.717, 1.165) is 23.5 Å². The van der Waals surface area contributed by atoms with Gasteiger partial charge < -0.3 is 20.3 Å². The number of hydrogen-bond donors (Lipinski definition) is 2. The highest BCUT2D eigenvalue weighted by atomic mass is 16.5. The molecule has 4 heteroatoms. The maximum absolute atomic E-state index is 9.74. The maximum atomic E-state index is 9.74. The molecule has 4 nitrogen and oxygen atoms in total. The summed E-state index contributed by atoms with van der Waals surface area (Å²) >= 11 is 0. The molecule has 23 heavy (non-hydrogen) atoms. The Labute approximate surface area is 137 Å². The molecule has 0 aliphatic heterocycles. The molecule has 124 valence electrons. The van der Waals surface area contributed by atoms with Gasteiger partial charge in [0.15, 0.2) is 0 Å². The SMILES string of the molecule is COc1ccc(CC(C)(C[C@H](N)O)c2ccc(OC)cc2)cc1. The molecule has 2 rings (SSSR count). The zero-order chi connectivity index (χ0) is 16.9. The van der Waals surface area contributed by atoms with Crippen LogP contribution in [0.4, 0.5) is 0 Å². The molecule has 0 amide bonds. The first-order valence-corrected chi connectivity index (χ1v) is 7.68. The number of rotatable bonds is 7. The second-order valence-electron chi connectivity index (χ2n) is 6.09. The van der Waals surface area contributed by atoms with Crippen molar-refractivity contribution >= 4 is 0 Å². The van der Waals surface area contributed by atoms with Crippen molar-refractivity contribution in [1.82, 2.24) is 0 Å². The van der Waals surface area contributed by atoms with Gasteiger partial charge in [0.25, 0.3) is 0 Å². The first-order valence-electron chi connectivity index (χ1n) is 7.68. The summed E-state index contributed by atoms with van der Waals surface area (Å²) < 4.78 is 10.4. The van der Waals surface area contributed by atoms with Gasteiger partial charge in [0.05, 0.1) is 14.2 Å². The lowest BCUT2D eigenvalue weighted by molar-refractivity contribution is 0.140. The molecule has 0 aliphatic carbocycles. The molecule has 2 aromatic rings. The minimum absolute atomic E-state index is 0.269. The third-order valence-corrected chi connectivity index (χ3v) is 4.20. The van der Waals surface area contributed by atoms with Crippen LogP contribution in [0.5, 0.6) is 11.5 Å². The molecular formula is C19H25NO3. The van der Waals surface area contributed by atoms with Gasteiger partial charge >= 0.3 is 0 Å². The summed E-state index contributed by atoms with van der Waals surface area (Å²) in [7, 11) is 3.30. The molecular weight excluding hydrogens is 290 g/mol. The summed E-state index contributed by atoms with van der Waals surface area (Å²) in [6.07, 6.45) is 0.392. The molecule has 0 aromatic heterocycles. The van der Waals surface area contributed by atoms with Crippen molar-refractivity contribution in [3.63, 3.8) is 0 Å². The lowest BCUT2D eigenvalue weighted by Crippen LogP contribution is -2.34. The van der Waals surface area contributed by atoms with Crippen molar-refractivity contribution < 1.29 is 14.6 Å². The van der Waals surface area contributed by atoms with E-state index in [0.29, 0.717) is 6.42 Å². The van der Waals surface area contributed by atoms with Crippen LogP contribution < -0.4 is 15.2 Å². The molecule has 0 spiro atoms. The molecule has 0 bridgehead atoms. The zero-order valence-corrected chi connectivity index (χ0v) is 14.0. The lowest BCUT2D eigenvalue weighted by Gasteiger charge is -2.32. The summed E-state index contributed by atoms with van der Waals surface area (Å²) in [5.41, 5.74) is 7.71. The van der Waals surface area contributed by atoms with Crippen LogP contribution in [0, 0.1) is 0 Å². The van der Waals surface area contributed by atoms with Gasteiger partial charge in [0.1, 0.15) is 17.7 Å². The Morgan fingerprint density at radius 3 is 1.87 bits per heavy atom. The number of aliphatic hydroxyl groups excluding tert-OH is 1. The fourth-order valence-electron chi connectivity index (χ4n) is 2.94. The molecule has 2 aromatic carbocycles. The third kappa shape index (κ3) is 4.47. The molecule has 0 heterocycles. The summed E-state index contributed by atoms with van der Waals surface area (Å²) in [6.45, 7) is 2.12. The highest BCUT2D eigenvalue weighted by Crippen LogP contribution is 2.33. The topological polar surface area (TPSA) is 64.7 Å². The van der Waals surface area contributed by atoms with Gasteiger partial charge in [-0.05, 0) is 48.2 Å². The van der Waals surface area contributed by atoms with E-state index < -0.39 is 6.23 Å². The van der Waals surface area contributed by atoms with Gasteiger partial charge in [0.2, 0.25) is 0 Å². The zero-order valence-electron chi connectivity index (χ0n) is 14.0. The van der Waals surface area contributed by atoms with E-state index in [2.05, 4.69) is 6.92 Å². The van der Waals surface area contributed by atoms with Crippen LogP contribution in [0.15, 0.2) is 48.5 Å². The van der Waals surface area contributed by atoms with E-state index in [1.165, 1.54) is 5.56 Å². The smallest absolute Gasteiger partial charge is 0.118 e. The maximum Gasteiger partial charge on any atom is 0.118 e. The number of hydrogen-bond acceptors (Lipinski definition) is 4. The van der Waals surface area contributed by atoms with E-state index >= 15 is 0 Å². The van der Waals surface area contributed by atoms with E-state index in [9.17, 15) is 5.11 Å². The van der Waals surface area contributed by atoms with Crippen LogP contribution in [-0.2, 0) is 11.8 Å². The highest BCUT2D eigenvalue weighted by molar-refractivity contribution is 5.35. The summed E-state index contributed by atoms with van der Waals surface area (Å²) in [5.74, 6) is 1.65. The molecule has 2 atom stereocenters. The van der Waals surface area contributed by atoms with Gasteiger partial charge in [-0.15, -0.1) is 0 Å². The van der Waals surface area contributed by atoms with Gasteiger partial charge in [-0.1, -0.05) is 31.2 Å². The van der Waals surface area contributed by atoms with Crippen molar-refractivity contribution in [3.05, 3.63) is 59.7 Å². The fourth-order valence-corrected chi connectivity index (χ4v) is 2.94. The van der Waals surface area contributed by atoms with Crippen LogP contribution in [-0.4, -0.2) is 25.6 Å². The Morgan fingerprint density at radius 2 is 1.43 bits per heavy atom. The minimum atomic E-state index is -0.861. The number of aliphatic hydroxyl groups is 1. The second-order valence-corrected chi connectivity index (χ2v) is 6.09. The molecule has 0 saturated heterocycles. The number of benzene rings is 2. The van der Waals surface area contributed by atoms with Crippen LogP contribution in [0.3, 0.4) is 0 Å². The highest BCUT2D eigenvalue weighted by Gasteiger charge is 2.29. The third-order valence-electron chi connectivity index (χ3n) is 4.20. The Kier molecular flexibility index (Phi) is 5.64. The average Bonchev–Trinajstić information content (AvgIpc) is 2.55. The molecule has 0 fully saturated rings. The van der Waals surface area contributed by atoms with Gasteiger partial charge in [-0.3, -0.25) is 0 Å². The Bertz CT molecular complexity index is 608. The second kappa shape index (κ2) is 7.49. The molecule has 1 unspecified atom stereocenters. The standard InChI is InChI=1S/C19H25NO3/c1-19(13-18(20)21,15-6-10-17(23-3)11-7-15)12-14-4-8-16(22-2)9-5-14/h4-11,18,21H,12-13,20H2,1-3H3/t18-,19?/m1/s1. The summed E-state index contributed by atoms with van der Waals surface area (Å²) in [5, 5.41) is 9.74. The van der Waals surface area contributed by atoms with Crippen LogP contribution in [0.2, 0.25) is 0 Å². The monoisotopic (exact) mass is 315 g/mol. The normalized spacial score (nSPS) is 14.8. The summed E-state index contributed by atoms with van der Waals surface area (Å²) in [4.78, 5) is 0. The van der Waals surface area contributed by atoms with Crippen molar-refractivity contribution in [2.24, 2.45) is 5.73 Å². The van der Waals surface area contributed by atoms with Gasteiger partial charge in [-0.2, -0.15) is 0 Å². The summed E-state index contributed by atoms with van der Waals surface area (Å²) in [6, 6.07) is 15.9. The predicted molar refractivity (Wildman–Crippen MR) is 91.9 cm³/mol. The quantitative estimate of drug-likeness (QED) is 0.771. The first kappa shape index (κ1) is 17.3. The Hall–Kier alpha value is -2.04. The van der Waals surface area contributed by atoms with Crippen LogP contribution >= 0.6 is 0 Å². The number of ether oxygens (including phenoxy) is 2. The average molecular weight is 315 g/mol. The molecule has 0 radical (unpaired) electrons. The Morgan fingerprint density at radius 1 is 0.957 bits per heavy atom. The van der Waals surface area contributed by atoms with Crippen LogP contribution in [0.1, 0.15) is 24.5 Å². The molecule has 3 N–H and O–H groups in total. The van der Waals surface area contributed by atoms with E-state index in [-0.39, 0.29) is 5.41 Å². The lowest BCUT2D eigenvalue weighted by atomic mass is 9.74. The van der Waals surface area contributed by atoms with Crippen molar-refractivity contribution in [1.29, 1.82) is 0 Å². The van der Waals surface area contributed by atoms with Crippen molar-refractivity contribution in [2.75, 3.05) is 14.2 Å². The Balaban J connectivity index is 2.29. The van der Waals surface area contributed by atoms with E-state index in [1.54, 1.807) is 14.2 Å². The van der Waals surface area contributed by atoms with Crippen molar-refractivity contribution in [2.45, 2.75) is 31.4 Å². The van der Waals surface area contributed by atoms with Crippen molar-refractivity contribution in [3.8, 4) is 11.5 Å². The number of nitrogens with two attached hydrogens (primary N) is 1.